The lowest BCUT2D eigenvalue weighted by Crippen LogP contribution is -2.01. The summed E-state index contributed by atoms with van der Waals surface area (Å²) in [6, 6.07) is 12.8. The van der Waals surface area contributed by atoms with Crippen LogP contribution in [-0.2, 0) is 0 Å². The first-order valence-electron chi connectivity index (χ1n) is 5.54. The average molecular weight is 270 g/mol. The second-order valence-corrected chi connectivity index (χ2v) is 4.31. The number of nitriles is 1. The first kappa shape index (κ1) is 11.5. The minimum Gasteiger partial charge on any atom is -0.340 e. The molecule has 0 bridgehead atoms. The molecule has 5 nitrogen and oxygen atoms in total. The van der Waals surface area contributed by atoms with Crippen LogP contribution in [0.2, 0.25) is 5.02 Å². The molecule has 0 unspecified atom stereocenters. The lowest BCUT2D eigenvalue weighted by Gasteiger charge is -2.07. The number of hydrogen-bond donors (Lipinski definition) is 1. The van der Waals surface area contributed by atoms with E-state index in [-0.39, 0.29) is 0 Å². The molecule has 0 aliphatic rings. The molecular formula is C13H8ClN5. The number of hydrogen-bond acceptors (Lipinski definition) is 4. The molecule has 0 aliphatic heterocycles. The summed E-state index contributed by atoms with van der Waals surface area (Å²) >= 11 is 5.92. The highest BCUT2D eigenvalue weighted by Crippen LogP contribution is 2.20. The van der Waals surface area contributed by atoms with Gasteiger partial charge in [-0.1, -0.05) is 17.7 Å². The maximum absolute atomic E-state index is 9.10. The Kier molecular flexibility index (Phi) is 2.78. The standard InChI is InChI=1S/C13H8ClN5/c14-9-2-1-3-10(6-9)17-12-7-11(8-15)19-13(18-12)4-5-16-19/h1-7H,(H,17,18). The molecule has 1 N–H and O–H groups in total. The number of rotatable bonds is 2. The summed E-state index contributed by atoms with van der Waals surface area (Å²) in [6.45, 7) is 0. The number of nitrogens with one attached hydrogen (secondary N) is 1. The van der Waals surface area contributed by atoms with Gasteiger partial charge in [0.15, 0.2) is 5.65 Å². The van der Waals surface area contributed by atoms with Crippen molar-refractivity contribution in [2.24, 2.45) is 0 Å². The van der Waals surface area contributed by atoms with Crippen molar-refractivity contribution in [2.75, 3.05) is 5.32 Å². The third-order valence-corrected chi connectivity index (χ3v) is 2.81. The molecule has 6 heteroatoms. The van der Waals surface area contributed by atoms with Crippen LogP contribution in [0.25, 0.3) is 5.65 Å². The van der Waals surface area contributed by atoms with Crippen molar-refractivity contribution in [1.29, 1.82) is 5.26 Å². The molecule has 0 radical (unpaired) electrons. The zero-order chi connectivity index (χ0) is 13.2. The van der Waals surface area contributed by atoms with Crippen LogP contribution < -0.4 is 5.32 Å². The minimum atomic E-state index is 0.416. The van der Waals surface area contributed by atoms with Crippen molar-refractivity contribution < 1.29 is 0 Å². The van der Waals surface area contributed by atoms with Crippen molar-refractivity contribution in [3.8, 4) is 6.07 Å². The Labute approximate surface area is 114 Å². The smallest absolute Gasteiger partial charge is 0.158 e. The fourth-order valence-corrected chi connectivity index (χ4v) is 1.96. The predicted molar refractivity (Wildman–Crippen MR) is 72.4 cm³/mol. The highest BCUT2D eigenvalue weighted by Gasteiger charge is 2.06. The second-order valence-electron chi connectivity index (χ2n) is 3.87. The fraction of sp³-hybridized carbons (Fsp3) is 0. The van der Waals surface area contributed by atoms with Gasteiger partial charge >= 0.3 is 0 Å². The van der Waals surface area contributed by atoms with E-state index in [0.717, 1.165) is 5.69 Å². The van der Waals surface area contributed by atoms with E-state index in [0.29, 0.717) is 22.2 Å². The average Bonchev–Trinajstić information content (AvgIpc) is 2.86. The van der Waals surface area contributed by atoms with Crippen LogP contribution in [0, 0.1) is 11.3 Å². The van der Waals surface area contributed by atoms with E-state index in [1.165, 1.54) is 4.52 Å². The summed E-state index contributed by atoms with van der Waals surface area (Å²) in [5.74, 6) is 0.576. The van der Waals surface area contributed by atoms with Crippen molar-refractivity contribution in [3.63, 3.8) is 0 Å². The molecule has 2 heterocycles. The quantitative estimate of drug-likeness (QED) is 0.777. The van der Waals surface area contributed by atoms with Gasteiger partial charge < -0.3 is 5.32 Å². The number of fused-ring (bicyclic) bond motifs is 1. The predicted octanol–water partition coefficient (Wildman–Crippen LogP) is 3.00. The number of anilines is 2. The van der Waals surface area contributed by atoms with Gasteiger partial charge in [-0.2, -0.15) is 10.4 Å². The first-order chi connectivity index (χ1) is 9.26. The van der Waals surface area contributed by atoms with E-state index in [4.69, 9.17) is 16.9 Å². The Balaban J connectivity index is 2.04. The monoisotopic (exact) mass is 269 g/mol. The molecule has 19 heavy (non-hydrogen) atoms. The van der Waals surface area contributed by atoms with E-state index in [1.807, 2.05) is 12.1 Å². The first-order valence-corrected chi connectivity index (χ1v) is 5.91. The number of aromatic nitrogens is 3. The van der Waals surface area contributed by atoms with Crippen molar-refractivity contribution in [1.82, 2.24) is 14.6 Å². The van der Waals surface area contributed by atoms with E-state index >= 15 is 0 Å². The zero-order valence-corrected chi connectivity index (χ0v) is 10.5. The van der Waals surface area contributed by atoms with Gasteiger partial charge in [0.05, 0.1) is 6.20 Å². The van der Waals surface area contributed by atoms with Crippen LogP contribution >= 0.6 is 11.6 Å². The molecule has 1 aromatic carbocycles. The zero-order valence-electron chi connectivity index (χ0n) is 9.71. The topological polar surface area (TPSA) is 66.0 Å². The molecule has 3 aromatic rings. The lowest BCUT2D eigenvalue weighted by atomic mass is 10.3. The third kappa shape index (κ3) is 2.21. The highest BCUT2D eigenvalue weighted by molar-refractivity contribution is 6.30. The molecule has 0 saturated heterocycles. The molecule has 0 amide bonds. The van der Waals surface area contributed by atoms with E-state index < -0.39 is 0 Å². The van der Waals surface area contributed by atoms with Gasteiger partial charge in [0, 0.05) is 22.8 Å². The lowest BCUT2D eigenvalue weighted by molar-refractivity contribution is 0.922. The van der Waals surface area contributed by atoms with Crippen LogP contribution in [0.4, 0.5) is 11.5 Å². The summed E-state index contributed by atoms with van der Waals surface area (Å²) < 4.78 is 1.49. The molecule has 3 rings (SSSR count). The summed E-state index contributed by atoms with van der Waals surface area (Å²) in [4.78, 5) is 4.36. The third-order valence-electron chi connectivity index (χ3n) is 2.57. The van der Waals surface area contributed by atoms with Crippen LogP contribution in [0.3, 0.4) is 0 Å². The molecule has 0 aliphatic carbocycles. The molecular weight excluding hydrogens is 262 g/mol. The van der Waals surface area contributed by atoms with E-state index in [9.17, 15) is 0 Å². The summed E-state index contributed by atoms with van der Waals surface area (Å²) in [7, 11) is 0. The molecule has 0 fully saturated rings. The molecule has 0 saturated carbocycles. The summed E-state index contributed by atoms with van der Waals surface area (Å²) in [6.07, 6.45) is 1.60. The molecule has 92 valence electrons. The molecule has 0 spiro atoms. The summed E-state index contributed by atoms with van der Waals surface area (Å²) in [5, 5.41) is 16.9. The van der Waals surface area contributed by atoms with Crippen LogP contribution in [0.15, 0.2) is 42.6 Å². The molecule has 2 aromatic heterocycles. The normalized spacial score (nSPS) is 10.3. The van der Waals surface area contributed by atoms with Gasteiger partial charge in [-0.05, 0) is 18.2 Å². The van der Waals surface area contributed by atoms with Crippen LogP contribution in [-0.4, -0.2) is 14.6 Å². The Morgan fingerprint density at radius 3 is 2.95 bits per heavy atom. The van der Waals surface area contributed by atoms with Crippen molar-refractivity contribution >= 4 is 28.8 Å². The second kappa shape index (κ2) is 4.59. The van der Waals surface area contributed by atoms with Gasteiger partial charge in [0.1, 0.15) is 17.6 Å². The van der Waals surface area contributed by atoms with Gasteiger partial charge in [0.25, 0.3) is 0 Å². The maximum atomic E-state index is 9.10. The van der Waals surface area contributed by atoms with Crippen molar-refractivity contribution in [2.45, 2.75) is 0 Å². The Bertz CT molecular complexity index is 787. The fourth-order valence-electron chi connectivity index (χ4n) is 1.77. The number of halogens is 1. The highest BCUT2D eigenvalue weighted by atomic mass is 35.5. The maximum Gasteiger partial charge on any atom is 0.158 e. The Morgan fingerprint density at radius 1 is 1.26 bits per heavy atom. The van der Waals surface area contributed by atoms with Crippen LogP contribution in [0.1, 0.15) is 5.69 Å². The van der Waals surface area contributed by atoms with Gasteiger partial charge in [-0.25, -0.2) is 9.50 Å². The van der Waals surface area contributed by atoms with Gasteiger partial charge in [-0.15, -0.1) is 0 Å². The van der Waals surface area contributed by atoms with E-state index in [2.05, 4.69) is 21.5 Å². The van der Waals surface area contributed by atoms with Gasteiger partial charge in [0.2, 0.25) is 0 Å². The minimum absolute atomic E-state index is 0.416. The largest absolute Gasteiger partial charge is 0.340 e. The molecule has 0 atom stereocenters. The van der Waals surface area contributed by atoms with Crippen LogP contribution in [0.5, 0.6) is 0 Å². The summed E-state index contributed by atoms with van der Waals surface area (Å²) in [5.41, 5.74) is 1.84. The Morgan fingerprint density at radius 2 is 2.16 bits per heavy atom. The van der Waals surface area contributed by atoms with E-state index in [1.54, 1.807) is 30.5 Å². The number of nitrogens with zero attached hydrogens (tertiary/aromatic N) is 4. The van der Waals surface area contributed by atoms with Gasteiger partial charge in [-0.3, -0.25) is 0 Å². The number of benzene rings is 1. The Hall–Kier alpha value is -2.58. The SMILES string of the molecule is N#Cc1cc(Nc2cccc(Cl)c2)nc2ccnn12. The van der Waals surface area contributed by atoms with Crippen molar-refractivity contribution in [3.05, 3.63) is 53.3 Å².